The van der Waals surface area contributed by atoms with Crippen LogP contribution in [0.1, 0.15) is 0 Å². The number of rotatable bonds is 6. The van der Waals surface area contributed by atoms with Crippen molar-refractivity contribution in [1.82, 2.24) is 19.7 Å². The molecule has 0 unspecified atom stereocenters. The van der Waals surface area contributed by atoms with Gasteiger partial charge in [0.25, 0.3) is 11.2 Å². The minimum Gasteiger partial charge on any atom is -0.486 e. The molecule has 13 heteroatoms. The maximum absolute atomic E-state index is 12.5. The second-order valence-electron chi connectivity index (χ2n) is 7.13. The lowest BCUT2D eigenvalue weighted by Crippen LogP contribution is -2.17. The smallest absolute Gasteiger partial charge is 0.269 e. The van der Waals surface area contributed by atoms with E-state index in [1.807, 2.05) is 0 Å². The number of nitro groups is 1. The fraction of sp³-hybridized carbons (Fsp3) is 0.143. The van der Waals surface area contributed by atoms with E-state index < -0.39 is 10.5 Å². The van der Waals surface area contributed by atoms with E-state index in [-0.39, 0.29) is 33.5 Å². The van der Waals surface area contributed by atoms with Crippen LogP contribution >= 0.6 is 11.8 Å². The summed E-state index contributed by atoms with van der Waals surface area (Å²) in [5.74, 6) is 0.883. The lowest BCUT2D eigenvalue weighted by Gasteiger charge is -2.18. The van der Waals surface area contributed by atoms with Gasteiger partial charge < -0.3 is 19.8 Å². The number of carbonyl (C=O) groups excluding carboxylic acids is 1. The highest BCUT2D eigenvalue weighted by molar-refractivity contribution is 7.99. The summed E-state index contributed by atoms with van der Waals surface area (Å²) < 4.78 is 12.4. The molecule has 2 N–H and O–H groups in total. The molecule has 0 saturated heterocycles. The first-order valence-electron chi connectivity index (χ1n) is 10.0. The summed E-state index contributed by atoms with van der Waals surface area (Å²) in [4.78, 5) is 42.4. The van der Waals surface area contributed by atoms with E-state index in [2.05, 4.69) is 20.4 Å². The van der Waals surface area contributed by atoms with Crippen LogP contribution in [0.5, 0.6) is 11.5 Å². The summed E-state index contributed by atoms with van der Waals surface area (Å²) >= 11 is 1.05. The van der Waals surface area contributed by atoms with Gasteiger partial charge in [-0.15, -0.1) is 0 Å². The van der Waals surface area contributed by atoms with Gasteiger partial charge in [-0.05, 0) is 24.3 Å². The van der Waals surface area contributed by atoms with Crippen molar-refractivity contribution in [3.8, 4) is 17.2 Å². The van der Waals surface area contributed by atoms with Crippen molar-refractivity contribution in [3.05, 3.63) is 69.1 Å². The predicted octanol–water partition coefficient (Wildman–Crippen LogP) is 2.52. The number of non-ortho nitro benzene ring substituents is 1. The van der Waals surface area contributed by atoms with Crippen LogP contribution in [0, 0.1) is 10.1 Å². The first-order valence-corrected chi connectivity index (χ1v) is 11.0. The monoisotopic (exact) mass is 480 g/mol. The lowest BCUT2D eigenvalue weighted by atomic mass is 10.2. The zero-order valence-corrected chi connectivity index (χ0v) is 18.2. The van der Waals surface area contributed by atoms with Crippen molar-refractivity contribution in [1.29, 1.82) is 0 Å². The van der Waals surface area contributed by atoms with Crippen LogP contribution in [-0.4, -0.2) is 49.5 Å². The number of amides is 1. The SMILES string of the molecule is O=C(CSc1nc2c(cnn2-c2ccc([N+](=O)[O-])cc2)c(=O)[nH]1)Nc1ccc2c(c1)OCCO2. The minimum atomic E-state index is -0.501. The number of benzene rings is 2. The lowest BCUT2D eigenvalue weighted by molar-refractivity contribution is -0.384. The van der Waals surface area contributed by atoms with E-state index in [9.17, 15) is 19.7 Å². The number of H-pyrrole nitrogens is 1. The Balaban J connectivity index is 1.32. The van der Waals surface area contributed by atoms with Gasteiger partial charge in [0.1, 0.15) is 18.6 Å². The van der Waals surface area contributed by atoms with E-state index in [4.69, 9.17) is 9.47 Å². The van der Waals surface area contributed by atoms with E-state index in [1.54, 1.807) is 18.2 Å². The molecule has 4 aromatic rings. The van der Waals surface area contributed by atoms with Crippen LogP contribution in [-0.2, 0) is 4.79 Å². The van der Waals surface area contributed by atoms with Gasteiger partial charge in [0, 0.05) is 23.9 Å². The maximum Gasteiger partial charge on any atom is 0.269 e. The van der Waals surface area contributed by atoms with Crippen LogP contribution in [0.25, 0.3) is 16.7 Å². The Labute approximate surface area is 195 Å². The number of aromatic nitrogens is 4. The van der Waals surface area contributed by atoms with Crippen molar-refractivity contribution in [2.75, 3.05) is 24.3 Å². The van der Waals surface area contributed by atoms with Crippen molar-refractivity contribution < 1.29 is 19.2 Å². The highest BCUT2D eigenvalue weighted by atomic mass is 32.2. The molecule has 0 spiro atoms. The second kappa shape index (κ2) is 8.86. The topological polar surface area (TPSA) is 154 Å². The Bertz CT molecular complexity index is 1470. The molecule has 0 saturated carbocycles. The van der Waals surface area contributed by atoms with Crippen LogP contribution < -0.4 is 20.3 Å². The average molecular weight is 480 g/mol. The Kier molecular flexibility index (Phi) is 5.59. The predicted molar refractivity (Wildman–Crippen MR) is 123 cm³/mol. The third-order valence-corrected chi connectivity index (χ3v) is 5.76. The molecule has 1 amide bonds. The van der Waals surface area contributed by atoms with E-state index in [0.717, 1.165) is 11.8 Å². The summed E-state index contributed by atoms with van der Waals surface area (Å²) in [5.41, 5.74) is 0.862. The summed E-state index contributed by atoms with van der Waals surface area (Å²) in [6.07, 6.45) is 1.37. The quantitative estimate of drug-likeness (QED) is 0.183. The molecule has 12 nitrogen and oxygen atoms in total. The van der Waals surface area contributed by atoms with Gasteiger partial charge in [-0.25, -0.2) is 9.67 Å². The van der Waals surface area contributed by atoms with Crippen LogP contribution in [0.15, 0.2) is 58.6 Å². The van der Waals surface area contributed by atoms with E-state index in [1.165, 1.54) is 35.1 Å². The highest BCUT2D eigenvalue weighted by Crippen LogP contribution is 2.32. The summed E-state index contributed by atoms with van der Waals surface area (Å²) in [5, 5.41) is 18.3. The maximum atomic E-state index is 12.5. The van der Waals surface area contributed by atoms with Gasteiger partial charge in [-0.2, -0.15) is 5.10 Å². The molecule has 0 fully saturated rings. The molecule has 2 aromatic heterocycles. The first-order chi connectivity index (χ1) is 16.5. The number of nitrogens with zero attached hydrogens (tertiary/aromatic N) is 4. The molecule has 0 bridgehead atoms. The van der Waals surface area contributed by atoms with E-state index >= 15 is 0 Å². The largest absolute Gasteiger partial charge is 0.486 e. The fourth-order valence-corrected chi connectivity index (χ4v) is 3.98. The summed E-state index contributed by atoms with van der Waals surface area (Å²) in [7, 11) is 0. The molecule has 1 aliphatic rings. The molecule has 3 heterocycles. The van der Waals surface area contributed by atoms with Gasteiger partial charge in [0.2, 0.25) is 5.91 Å². The normalized spacial score (nSPS) is 12.5. The number of nitro benzene ring substituents is 1. The average Bonchev–Trinajstić information content (AvgIpc) is 3.27. The van der Waals surface area contributed by atoms with Gasteiger partial charge in [-0.3, -0.25) is 19.7 Å². The van der Waals surface area contributed by atoms with Gasteiger partial charge >= 0.3 is 0 Å². The van der Waals surface area contributed by atoms with Crippen LogP contribution in [0.4, 0.5) is 11.4 Å². The van der Waals surface area contributed by atoms with Gasteiger partial charge in [0.05, 0.1) is 22.6 Å². The van der Waals surface area contributed by atoms with Crippen molar-refractivity contribution in [2.45, 2.75) is 5.16 Å². The zero-order chi connectivity index (χ0) is 23.7. The third-order valence-electron chi connectivity index (χ3n) is 4.89. The van der Waals surface area contributed by atoms with Crippen molar-refractivity contribution in [2.24, 2.45) is 0 Å². The first kappa shape index (κ1) is 21.5. The molecule has 172 valence electrons. The number of hydrogen-bond acceptors (Lipinski definition) is 9. The molecule has 2 aromatic carbocycles. The van der Waals surface area contributed by atoms with Gasteiger partial charge in [-0.1, -0.05) is 11.8 Å². The summed E-state index contributed by atoms with van der Waals surface area (Å²) in [6.45, 7) is 0.923. The third kappa shape index (κ3) is 4.28. The zero-order valence-electron chi connectivity index (χ0n) is 17.4. The molecule has 34 heavy (non-hydrogen) atoms. The number of anilines is 1. The molecule has 0 radical (unpaired) electrons. The minimum absolute atomic E-state index is 0.00540. The Morgan fingerprint density at radius 3 is 2.71 bits per heavy atom. The fourth-order valence-electron chi connectivity index (χ4n) is 3.32. The number of fused-ring (bicyclic) bond motifs is 2. The second-order valence-corrected chi connectivity index (χ2v) is 8.10. The van der Waals surface area contributed by atoms with E-state index in [0.29, 0.717) is 36.1 Å². The molecule has 1 aliphatic heterocycles. The number of ether oxygens (including phenoxy) is 2. The Hall–Kier alpha value is -4.39. The van der Waals surface area contributed by atoms with Crippen LogP contribution in [0.2, 0.25) is 0 Å². The highest BCUT2D eigenvalue weighted by Gasteiger charge is 2.15. The number of thioether (sulfide) groups is 1. The van der Waals surface area contributed by atoms with Crippen LogP contribution in [0.3, 0.4) is 0 Å². The standard InChI is InChI=1S/C21H16N6O6S/c28-18(23-12-1-6-16-17(9-12)33-8-7-32-16)11-34-21-24-19-15(20(29)25-21)10-22-26(19)13-2-4-14(5-3-13)27(30)31/h1-6,9-10H,7-8,11H2,(H,23,28)(H,24,25,29). The molecule has 5 rings (SSSR count). The van der Waals surface area contributed by atoms with Gasteiger partial charge in [0.15, 0.2) is 22.3 Å². The molecule has 0 atom stereocenters. The number of aromatic amines is 1. The number of hydrogen-bond donors (Lipinski definition) is 2. The number of carbonyl (C=O) groups is 1. The molecular weight excluding hydrogens is 464 g/mol. The Morgan fingerprint density at radius 1 is 1.18 bits per heavy atom. The summed E-state index contributed by atoms with van der Waals surface area (Å²) in [6, 6.07) is 10.8. The van der Waals surface area contributed by atoms with Crippen molar-refractivity contribution >= 4 is 40.1 Å². The number of nitrogens with one attached hydrogen (secondary N) is 2. The van der Waals surface area contributed by atoms with Crippen molar-refractivity contribution in [3.63, 3.8) is 0 Å². The molecule has 0 aliphatic carbocycles. The molecular formula is C21H16N6O6S. The Morgan fingerprint density at radius 2 is 1.94 bits per heavy atom.